The van der Waals surface area contributed by atoms with Crippen molar-refractivity contribution in [2.75, 3.05) is 7.11 Å². The summed E-state index contributed by atoms with van der Waals surface area (Å²) >= 11 is 0. The molecule has 22 heavy (non-hydrogen) atoms. The van der Waals surface area contributed by atoms with Crippen LogP contribution in [-0.2, 0) is 0 Å². The molecule has 1 heterocycles. The van der Waals surface area contributed by atoms with Crippen LogP contribution < -0.4 is 10.1 Å². The van der Waals surface area contributed by atoms with Crippen molar-refractivity contribution in [3.05, 3.63) is 65.9 Å². The molecule has 3 rings (SSSR count). The maximum absolute atomic E-state index is 12.3. The lowest BCUT2D eigenvalue weighted by atomic mass is 10.1. The lowest BCUT2D eigenvalue weighted by molar-refractivity contribution is 0.0935. The summed E-state index contributed by atoms with van der Waals surface area (Å²) in [6.07, 6.45) is 0. The van der Waals surface area contributed by atoms with Crippen LogP contribution in [0.4, 0.5) is 0 Å². The van der Waals surface area contributed by atoms with Crippen molar-refractivity contribution in [2.45, 2.75) is 13.0 Å². The molecule has 0 aliphatic carbocycles. The number of carbonyl (C=O) groups excluding carboxylic acids is 1. The minimum atomic E-state index is -0.217. The number of amides is 1. The van der Waals surface area contributed by atoms with Gasteiger partial charge in [-0.15, -0.1) is 0 Å². The van der Waals surface area contributed by atoms with Gasteiger partial charge in [-0.2, -0.15) is 0 Å². The molecule has 0 saturated heterocycles. The molecule has 1 aromatic heterocycles. The molecule has 0 aliphatic heterocycles. The molecule has 0 spiro atoms. The summed E-state index contributed by atoms with van der Waals surface area (Å²) in [5.74, 6) is 1.23. The Kier molecular flexibility index (Phi) is 3.83. The highest BCUT2D eigenvalue weighted by Crippen LogP contribution is 2.24. The van der Waals surface area contributed by atoms with Gasteiger partial charge in [0.15, 0.2) is 0 Å². The van der Waals surface area contributed by atoms with E-state index in [4.69, 9.17) is 9.15 Å². The third-order valence-electron chi connectivity index (χ3n) is 3.55. The molecule has 2 aromatic carbocycles. The number of hydrogen-bond donors (Lipinski definition) is 1. The first kappa shape index (κ1) is 14.2. The Labute approximate surface area is 128 Å². The van der Waals surface area contributed by atoms with Crippen LogP contribution in [0.25, 0.3) is 11.0 Å². The fourth-order valence-electron chi connectivity index (χ4n) is 2.33. The van der Waals surface area contributed by atoms with Crippen molar-refractivity contribution < 1.29 is 13.9 Å². The molecule has 1 amide bonds. The summed E-state index contributed by atoms with van der Waals surface area (Å²) in [5.41, 5.74) is 1.38. The van der Waals surface area contributed by atoms with E-state index in [1.165, 1.54) is 0 Å². The lowest BCUT2D eigenvalue weighted by Crippen LogP contribution is -2.26. The van der Waals surface area contributed by atoms with Gasteiger partial charge in [0.2, 0.25) is 0 Å². The minimum Gasteiger partial charge on any atom is -0.497 e. The van der Waals surface area contributed by atoms with Gasteiger partial charge in [-0.3, -0.25) is 4.79 Å². The molecule has 0 saturated carbocycles. The molecular weight excluding hydrogens is 278 g/mol. The molecule has 112 valence electrons. The number of methoxy groups -OCH3 is 1. The standard InChI is InChI=1S/C18H17NO3/c1-12(17-11-13-6-3-4-9-16(13)22-17)19-18(20)14-7-5-8-15(10-14)21-2/h3-12H,1-2H3,(H,19,20). The van der Waals surface area contributed by atoms with E-state index in [9.17, 15) is 4.79 Å². The Morgan fingerprint density at radius 1 is 1.14 bits per heavy atom. The van der Waals surface area contributed by atoms with Crippen LogP contribution in [0.1, 0.15) is 29.1 Å². The van der Waals surface area contributed by atoms with Crippen LogP contribution in [-0.4, -0.2) is 13.0 Å². The smallest absolute Gasteiger partial charge is 0.251 e. The van der Waals surface area contributed by atoms with Crippen molar-refractivity contribution in [3.63, 3.8) is 0 Å². The van der Waals surface area contributed by atoms with Gasteiger partial charge in [0, 0.05) is 10.9 Å². The lowest BCUT2D eigenvalue weighted by Gasteiger charge is -2.11. The van der Waals surface area contributed by atoms with Gasteiger partial charge in [0.25, 0.3) is 5.91 Å². The summed E-state index contributed by atoms with van der Waals surface area (Å²) in [4.78, 5) is 12.3. The average molecular weight is 295 g/mol. The van der Waals surface area contributed by atoms with Crippen LogP contribution in [0.15, 0.2) is 59.0 Å². The van der Waals surface area contributed by atoms with E-state index in [1.807, 2.05) is 37.3 Å². The molecule has 3 aromatic rings. The number of carbonyl (C=O) groups is 1. The molecule has 1 unspecified atom stereocenters. The second-order valence-corrected chi connectivity index (χ2v) is 5.11. The van der Waals surface area contributed by atoms with Crippen LogP contribution in [0.2, 0.25) is 0 Å². The number of nitrogens with one attached hydrogen (secondary N) is 1. The Morgan fingerprint density at radius 2 is 1.95 bits per heavy atom. The highest BCUT2D eigenvalue weighted by atomic mass is 16.5. The molecule has 0 radical (unpaired) electrons. The SMILES string of the molecule is COc1cccc(C(=O)NC(C)c2cc3ccccc3o2)c1. The van der Waals surface area contributed by atoms with Crippen molar-refractivity contribution in [1.29, 1.82) is 0 Å². The second kappa shape index (κ2) is 5.93. The normalized spacial score (nSPS) is 12.1. The van der Waals surface area contributed by atoms with Gasteiger partial charge in [0.05, 0.1) is 13.2 Å². The van der Waals surface area contributed by atoms with E-state index in [-0.39, 0.29) is 11.9 Å². The molecule has 0 aliphatic rings. The van der Waals surface area contributed by atoms with Gasteiger partial charge in [-0.25, -0.2) is 0 Å². The summed E-state index contributed by atoms with van der Waals surface area (Å²) in [5, 5.41) is 3.96. The van der Waals surface area contributed by atoms with E-state index in [0.29, 0.717) is 11.3 Å². The van der Waals surface area contributed by atoms with Crippen molar-refractivity contribution in [1.82, 2.24) is 5.32 Å². The van der Waals surface area contributed by atoms with Crippen molar-refractivity contribution in [3.8, 4) is 5.75 Å². The zero-order valence-corrected chi connectivity index (χ0v) is 12.5. The van der Waals surface area contributed by atoms with Gasteiger partial charge in [-0.1, -0.05) is 24.3 Å². The van der Waals surface area contributed by atoms with Crippen LogP contribution in [0.3, 0.4) is 0 Å². The summed E-state index contributed by atoms with van der Waals surface area (Å²) in [6, 6.07) is 16.6. The van der Waals surface area contributed by atoms with Gasteiger partial charge in [0.1, 0.15) is 17.1 Å². The Morgan fingerprint density at radius 3 is 2.73 bits per heavy atom. The summed E-state index contributed by atoms with van der Waals surface area (Å²) in [6.45, 7) is 1.90. The minimum absolute atomic E-state index is 0.160. The number of fused-ring (bicyclic) bond motifs is 1. The second-order valence-electron chi connectivity index (χ2n) is 5.11. The summed E-state index contributed by atoms with van der Waals surface area (Å²) < 4.78 is 10.9. The Balaban J connectivity index is 1.77. The number of rotatable bonds is 4. The van der Waals surface area contributed by atoms with Gasteiger partial charge < -0.3 is 14.5 Å². The number of ether oxygens (including phenoxy) is 1. The predicted octanol–water partition coefficient (Wildman–Crippen LogP) is 3.93. The zero-order valence-electron chi connectivity index (χ0n) is 12.5. The van der Waals surface area contributed by atoms with E-state index in [2.05, 4.69) is 5.32 Å². The Hall–Kier alpha value is -2.75. The van der Waals surface area contributed by atoms with Crippen molar-refractivity contribution in [2.24, 2.45) is 0 Å². The Bertz CT molecular complexity index is 774. The van der Waals surface area contributed by atoms with Crippen LogP contribution in [0, 0.1) is 0 Å². The molecular formula is C18H17NO3. The molecule has 4 heteroatoms. The number of benzene rings is 2. The quantitative estimate of drug-likeness (QED) is 0.793. The van der Waals surface area contributed by atoms with E-state index < -0.39 is 0 Å². The molecule has 1 atom stereocenters. The first-order valence-electron chi connectivity index (χ1n) is 7.11. The molecule has 1 N–H and O–H groups in total. The topological polar surface area (TPSA) is 51.5 Å². The van der Waals surface area contributed by atoms with E-state index >= 15 is 0 Å². The average Bonchev–Trinajstić information content (AvgIpc) is 2.99. The molecule has 0 fully saturated rings. The fourth-order valence-corrected chi connectivity index (χ4v) is 2.33. The monoisotopic (exact) mass is 295 g/mol. The number of hydrogen-bond acceptors (Lipinski definition) is 3. The number of furan rings is 1. The predicted molar refractivity (Wildman–Crippen MR) is 85.1 cm³/mol. The number of para-hydroxylation sites is 1. The largest absolute Gasteiger partial charge is 0.497 e. The molecule has 4 nitrogen and oxygen atoms in total. The van der Waals surface area contributed by atoms with Crippen LogP contribution >= 0.6 is 0 Å². The van der Waals surface area contributed by atoms with E-state index in [1.54, 1.807) is 31.4 Å². The maximum Gasteiger partial charge on any atom is 0.251 e. The maximum atomic E-state index is 12.3. The fraction of sp³-hybridized carbons (Fsp3) is 0.167. The highest BCUT2D eigenvalue weighted by molar-refractivity contribution is 5.94. The first-order chi connectivity index (χ1) is 10.7. The first-order valence-corrected chi connectivity index (χ1v) is 7.11. The van der Waals surface area contributed by atoms with Crippen molar-refractivity contribution >= 4 is 16.9 Å². The van der Waals surface area contributed by atoms with Gasteiger partial charge in [-0.05, 0) is 37.3 Å². The molecule has 0 bridgehead atoms. The third kappa shape index (κ3) is 2.81. The summed E-state index contributed by atoms with van der Waals surface area (Å²) in [7, 11) is 1.58. The zero-order chi connectivity index (χ0) is 15.5. The highest BCUT2D eigenvalue weighted by Gasteiger charge is 2.15. The van der Waals surface area contributed by atoms with Crippen LogP contribution in [0.5, 0.6) is 5.75 Å². The van der Waals surface area contributed by atoms with E-state index in [0.717, 1.165) is 16.7 Å². The van der Waals surface area contributed by atoms with Gasteiger partial charge >= 0.3 is 0 Å². The third-order valence-corrected chi connectivity index (χ3v) is 3.55.